The van der Waals surface area contributed by atoms with E-state index in [4.69, 9.17) is 14.6 Å². The molecule has 2 heterocycles. The van der Waals surface area contributed by atoms with Crippen molar-refractivity contribution in [2.24, 2.45) is 5.41 Å². The van der Waals surface area contributed by atoms with Gasteiger partial charge in [0, 0.05) is 26.1 Å². The Morgan fingerprint density at radius 2 is 2.00 bits per heavy atom. The van der Waals surface area contributed by atoms with Crippen molar-refractivity contribution < 1.29 is 24.2 Å². The number of carbonyl (C=O) groups excluding carboxylic acids is 2. The molecule has 0 saturated carbocycles. The molecule has 0 bridgehead atoms. The van der Waals surface area contributed by atoms with Crippen molar-refractivity contribution in [1.82, 2.24) is 9.80 Å². The van der Waals surface area contributed by atoms with E-state index in [1.807, 2.05) is 44.1 Å². The molecule has 28 heavy (non-hydrogen) atoms. The van der Waals surface area contributed by atoms with E-state index in [0.717, 1.165) is 31.4 Å². The molecule has 1 atom stereocenters. The molecule has 1 aromatic carbocycles. The number of nitrogens with zero attached hydrogens (tertiary/aromatic N) is 2. The zero-order chi connectivity index (χ0) is 20.7. The number of hydrogen-bond acceptors (Lipinski definition) is 5. The topological polar surface area (TPSA) is 87.2 Å². The first-order valence-electron chi connectivity index (χ1n) is 9.56. The first kappa shape index (κ1) is 21.9. The van der Waals surface area contributed by atoms with Crippen LogP contribution in [0.5, 0.6) is 0 Å². The van der Waals surface area contributed by atoms with Crippen LogP contribution in [0.15, 0.2) is 24.3 Å². The third-order valence-corrected chi connectivity index (χ3v) is 5.40. The summed E-state index contributed by atoms with van der Waals surface area (Å²) in [7, 11) is 3.98. The van der Waals surface area contributed by atoms with Crippen LogP contribution in [-0.4, -0.2) is 73.1 Å². The second-order valence-electron chi connectivity index (χ2n) is 7.93. The van der Waals surface area contributed by atoms with Gasteiger partial charge >= 0.3 is 5.97 Å². The molecule has 2 fully saturated rings. The van der Waals surface area contributed by atoms with E-state index in [0.29, 0.717) is 19.5 Å². The summed E-state index contributed by atoms with van der Waals surface area (Å²) in [5, 5.41) is 6.89. The number of likely N-dealkylation sites (tertiary alicyclic amines) is 1. The molecule has 0 aromatic heterocycles. The van der Waals surface area contributed by atoms with Gasteiger partial charge < -0.3 is 19.6 Å². The number of likely N-dealkylation sites (N-methyl/N-ethyl adjacent to an activating group) is 1. The molecular weight excluding hydrogens is 360 g/mol. The lowest BCUT2D eigenvalue weighted by atomic mass is 9.76. The van der Waals surface area contributed by atoms with Crippen LogP contribution < -0.4 is 0 Å². The van der Waals surface area contributed by atoms with Gasteiger partial charge in [-0.25, -0.2) is 0 Å². The molecule has 0 radical (unpaired) electrons. The molecule has 7 nitrogen and oxygen atoms in total. The van der Waals surface area contributed by atoms with Gasteiger partial charge in [0.25, 0.3) is 6.47 Å². The zero-order valence-electron chi connectivity index (χ0n) is 16.9. The van der Waals surface area contributed by atoms with Crippen LogP contribution in [0.1, 0.15) is 30.4 Å². The number of carbonyl (C=O) groups is 3. The van der Waals surface area contributed by atoms with Gasteiger partial charge in [0.15, 0.2) is 0 Å². The monoisotopic (exact) mass is 390 g/mol. The lowest BCUT2D eigenvalue weighted by Crippen LogP contribution is -2.45. The van der Waals surface area contributed by atoms with Crippen molar-refractivity contribution in [2.45, 2.75) is 38.7 Å². The number of rotatable bonds is 4. The number of benzene rings is 1. The van der Waals surface area contributed by atoms with Crippen molar-refractivity contribution in [3.63, 3.8) is 0 Å². The van der Waals surface area contributed by atoms with Gasteiger partial charge in [-0.3, -0.25) is 14.4 Å². The Labute approximate surface area is 166 Å². The predicted octanol–water partition coefficient (Wildman–Crippen LogP) is 1.72. The molecule has 1 aromatic rings. The Morgan fingerprint density at radius 1 is 1.36 bits per heavy atom. The molecule has 1 unspecified atom stereocenters. The fourth-order valence-electron chi connectivity index (χ4n) is 4.05. The predicted molar refractivity (Wildman–Crippen MR) is 105 cm³/mol. The molecule has 1 amide bonds. The van der Waals surface area contributed by atoms with Gasteiger partial charge in [-0.2, -0.15) is 0 Å². The Hall–Kier alpha value is -2.41. The maximum Gasteiger partial charge on any atom is 0.312 e. The molecule has 3 rings (SSSR count). The second kappa shape index (κ2) is 9.68. The summed E-state index contributed by atoms with van der Waals surface area (Å²) in [5.74, 6) is 0.0850. The third kappa shape index (κ3) is 5.55. The van der Waals surface area contributed by atoms with Gasteiger partial charge in [-0.05, 0) is 39.4 Å². The fourth-order valence-corrected chi connectivity index (χ4v) is 4.05. The number of cyclic esters (lactones) is 1. The van der Waals surface area contributed by atoms with Crippen LogP contribution in [0.3, 0.4) is 0 Å². The number of carboxylic acid groups (broad SMARTS) is 1. The van der Waals surface area contributed by atoms with E-state index in [1.165, 1.54) is 5.56 Å². The van der Waals surface area contributed by atoms with E-state index in [9.17, 15) is 9.59 Å². The van der Waals surface area contributed by atoms with Crippen LogP contribution in [0, 0.1) is 12.3 Å². The smallest absolute Gasteiger partial charge is 0.312 e. The van der Waals surface area contributed by atoms with Crippen molar-refractivity contribution in [2.75, 3.05) is 33.7 Å². The highest BCUT2D eigenvalue weighted by Gasteiger charge is 2.50. The van der Waals surface area contributed by atoms with Crippen LogP contribution in [0.2, 0.25) is 0 Å². The lowest BCUT2D eigenvalue weighted by Gasteiger charge is -2.36. The molecule has 1 N–H and O–H groups in total. The molecule has 2 saturated heterocycles. The normalized spacial score (nSPS) is 20.5. The summed E-state index contributed by atoms with van der Waals surface area (Å²) < 4.78 is 5.59. The Morgan fingerprint density at radius 3 is 2.57 bits per heavy atom. The molecule has 7 heteroatoms. The largest absolute Gasteiger partial charge is 0.483 e. The number of piperidine rings is 1. The summed E-state index contributed by atoms with van der Waals surface area (Å²) in [6.45, 7) is 3.85. The maximum absolute atomic E-state index is 12.6. The van der Waals surface area contributed by atoms with Gasteiger partial charge in [-0.15, -0.1) is 0 Å². The van der Waals surface area contributed by atoms with E-state index in [-0.39, 0.29) is 29.9 Å². The van der Waals surface area contributed by atoms with Crippen molar-refractivity contribution in [1.29, 1.82) is 0 Å². The van der Waals surface area contributed by atoms with Gasteiger partial charge in [0.2, 0.25) is 5.91 Å². The molecule has 2 aliphatic heterocycles. The maximum atomic E-state index is 12.6. The van der Waals surface area contributed by atoms with Gasteiger partial charge in [0.1, 0.15) is 6.10 Å². The SMILES string of the molecule is Cc1cccc(CC(=O)N2CCC3(CC2)CC(CN(C)C)OC3=O)c1.O=CO. The van der Waals surface area contributed by atoms with E-state index >= 15 is 0 Å². The first-order chi connectivity index (χ1) is 13.3. The van der Waals surface area contributed by atoms with Crippen molar-refractivity contribution >= 4 is 18.3 Å². The summed E-state index contributed by atoms with van der Waals surface area (Å²) in [6.07, 6.45) is 2.63. The highest BCUT2D eigenvalue weighted by atomic mass is 16.6. The van der Waals surface area contributed by atoms with Gasteiger partial charge in [-0.1, -0.05) is 29.8 Å². The average molecular weight is 390 g/mol. The van der Waals surface area contributed by atoms with E-state index < -0.39 is 0 Å². The lowest BCUT2D eigenvalue weighted by molar-refractivity contribution is -0.152. The Balaban J connectivity index is 0.000000878. The third-order valence-electron chi connectivity index (χ3n) is 5.40. The summed E-state index contributed by atoms with van der Waals surface area (Å²) in [6, 6.07) is 8.08. The first-order valence-corrected chi connectivity index (χ1v) is 9.56. The number of amides is 1. The average Bonchev–Trinajstić information content (AvgIpc) is 2.90. The van der Waals surface area contributed by atoms with Crippen molar-refractivity contribution in [3.05, 3.63) is 35.4 Å². The molecular formula is C21H30N2O5. The van der Waals surface area contributed by atoms with Crippen LogP contribution in [0.4, 0.5) is 0 Å². The Kier molecular flexibility index (Phi) is 7.57. The molecule has 154 valence electrons. The quantitative estimate of drug-likeness (QED) is 0.622. The van der Waals surface area contributed by atoms with Crippen LogP contribution in [-0.2, 0) is 25.5 Å². The number of ether oxygens (including phenoxy) is 1. The summed E-state index contributed by atoms with van der Waals surface area (Å²) >= 11 is 0. The standard InChI is InChI=1S/C20H28N2O3.CH2O2/c1-15-5-4-6-16(11-15)12-18(23)22-9-7-20(8-10-22)13-17(14-21(2)3)25-19(20)24;2-1-3/h4-6,11,17H,7-10,12-14H2,1-3H3;1H,(H,2,3). The van der Waals surface area contributed by atoms with Gasteiger partial charge in [0.05, 0.1) is 11.8 Å². The fraction of sp³-hybridized carbons (Fsp3) is 0.571. The van der Waals surface area contributed by atoms with E-state index in [1.54, 1.807) is 0 Å². The van der Waals surface area contributed by atoms with Crippen LogP contribution in [0.25, 0.3) is 0 Å². The molecule has 1 spiro atoms. The second-order valence-corrected chi connectivity index (χ2v) is 7.93. The van der Waals surface area contributed by atoms with Crippen LogP contribution >= 0.6 is 0 Å². The minimum absolute atomic E-state index is 0.0166. The molecule has 2 aliphatic rings. The number of hydrogen-bond donors (Lipinski definition) is 1. The minimum Gasteiger partial charge on any atom is -0.483 e. The summed E-state index contributed by atoms with van der Waals surface area (Å²) in [4.78, 5) is 37.3. The zero-order valence-corrected chi connectivity index (χ0v) is 16.9. The number of esters is 1. The highest BCUT2D eigenvalue weighted by Crippen LogP contribution is 2.43. The van der Waals surface area contributed by atoms with Crippen molar-refractivity contribution in [3.8, 4) is 0 Å². The van der Waals surface area contributed by atoms with E-state index in [2.05, 4.69) is 11.0 Å². The minimum atomic E-state index is -0.374. The number of aryl methyl sites for hydroxylation is 1. The Bertz CT molecular complexity index is 696. The molecule has 0 aliphatic carbocycles. The highest BCUT2D eigenvalue weighted by molar-refractivity contribution is 5.81. The summed E-state index contributed by atoms with van der Waals surface area (Å²) in [5.41, 5.74) is 1.85.